The summed E-state index contributed by atoms with van der Waals surface area (Å²) >= 11 is 1.45. The highest BCUT2D eigenvalue weighted by molar-refractivity contribution is 7.98. The van der Waals surface area contributed by atoms with Gasteiger partial charge in [0.05, 0.1) is 4.92 Å². The van der Waals surface area contributed by atoms with E-state index in [1.807, 2.05) is 20.1 Å². The number of rotatable bonds is 8. The van der Waals surface area contributed by atoms with Crippen LogP contribution >= 0.6 is 11.8 Å². The van der Waals surface area contributed by atoms with Gasteiger partial charge in [-0.15, -0.1) is 0 Å². The van der Waals surface area contributed by atoms with Gasteiger partial charge >= 0.3 is 5.97 Å². The number of ketones is 1. The molecule has 0 amide bonds. The number of thioether (sulfide) groups is 1. The summed E-state index contributed by atoms with van der Waals surface area (Å²) < 4.78 is 5.03. The molecule has 0 saturated carbocycles. The smallest absolute Gasteiger partial charge is 0.306 e. The molecule has 0 aliphatic heterocycles. The lowest BCUT2D eigenvalue weighted by atomic mass is 10.1. The molecule has 1 aromatic carbocycles. The van der Waals surface area contributed by atoms with Crippen molar-refractivity contribution in [2.75, 3.05) is 12.9 Å². The molecular formula is C19H21N3O5S. The van der Waals surface area contributed by atoms with E-state index < -0.39 is 23.3 Å². The average molecular weight is 403 g/mol. The third-order valence-electron chi connectivity index (χ3n) is 4.25. The predicted octanol–water partition coefficient (Wildman–Crippen LogP) is 3.39. The van der Waals surface area contributed by atoms with Gasteiger partial charge in [0.2, 0.25) is 5.78 Å². The van der Waals surface area contributed by atoms with Crippen LogP contribution in [0, 0.1) is 30.9 Å². The zero-order valence-corrected chi connectivity index (χ0v) is 17.0. The number of nitro groups is 1. The van der Waals surface area contributed by atoms with Gasteiger partial charge in [0.25, 0.3) is 5.69 Å². The fraction of sp³-hybridized carbons (Fsp3) is 0.368. The number of benzene rings is 1. The highest BCUT2D eigenvalue weighted by Crippen LogP contribution is 2.20. The molecule has 0 fully saturated rings. The number of hydrogen-bond acceptors (Lipinski definition) is 8. The van der Waals surface area contributed by atoms with Crippen LogP contribution in [0.5, 0.6) is 0 Å². The van der Waals surface area contributed by atoms with Crippen molar-refractivity contribution in [3.8, 4) is 0 Å². The third-order valence-corrected chi connectivity index (χ3v) is 4.80. The Kier molecular flexibility index (Phi) is 7.22. The monoisotopic (exact) mass is 403 g/mol. The second-order valence-corrected chi connectivity index (χ2v) is 6.98. The maximum atomic E-state index is 12.2. The molecule has 1 aromatic heterocycles. The summed E-state index contributed by atoms with van der Waals surface area (Å²) in [6, 6.07) is 4.18. The van der Waals surface area contributed by atoms with Gasteiger partial charge in [-0.1, -0.05) is 23.9 Å². The van der Waals surface area contributed by atoms with E-state index >= 15 is 0 Å². The van der Waals surface area contributed by atoms with Crippen LogP contribution in [0.2, 0.25) is 0 Å². The van der Waals surface area contributed by atoms with Gasteiger partial charge in [-0.25, -0.2) is 9.97 Å². The number of Topliss-reactive ketones (excluding diaryl/α,β-unsaturated/α-hetero) is 1. The van der Waals surface area contributed by atoms with E-state index in [4.69, 9.17) is 4.74 Å². The van der Waals surface area contributed by atoms with Gasteiger partial charge in [-0.3, -0.25) is 19.7 Å². The summed E-state index contributed by atoms with van der Waals surface area (Å²) in [5.41, 5.74) is 2.96. The fourth-order valence-electron chi connectivity index (χ4n) is 2.67. The van der Waals surface area contributed by atoms with Crippen molar-refractivity contribution < 1.29 is 19.2 Å². The molecule has 0 aliphatic rings. The summed E-state index contributed by atoms with van der Waals surface area (Å²) in [5, 5.41) is 11.7. The van der Waals surface area contributed by atoms with Crippen molar-refractivity contribution in [2.24, 2.45) is 0 Å². The number of nitrogens with zero attached hydrogens (tertiary/aromatic N) is 3. The summed E-state index contributed by atoms with van der Waals surface area (Å²) in [5.74, 6) is -1.01. The molecule has 0 N–H and O–H groups in total. The van der Waals surface area contributed by atoms with Crippen LogP contribution in [0.3, 0.4) is 0 Å². The first-order valence-electron chi connectivity index (χ1n) is 8.55. The van der Waals surface area contributed by atoms with Crippen molar-refractivity contribution in [1.82, 2.24) is 9.97 Å². The van der Waals surface area contributed by atoms with Crippen LogP contribution in [0.25, 0.3) is 0 Å². The zero-order chi connectivity index (χ0) is 20.8. The lowest BCUT2D eigenvalue weighted by Gasteiger charge is -2.10. The molecule has 0 bridgehead atoms. The highest BCUT2D eigenvalue weighted by Gasteiger charge is 2.17. The Labute approximate surface area is 166 Å². The molecule has 2 rings (SSSR count). The van der Waals surface area contributed by atoms with Gasteiger partial charge in [-0.2, -0.15) is 0 Å². The van der Waals surface area contributed by atoms with Crippen molar-refractivity contribution in [3.05, 3.63) is 56.4 Å². The minimum absolute atomic E-state index is 0.0883. The Morgan fingerprint density at radius 3 is 2.39 bits per heavy atom. The predicted molar refractivity (Wildman–Crippen MR) is 105 cm³/mol. The molecule has 0 aliphatic carbocycles. The molecule has 1 heterocycles. The molecule has 2 aromatic rings. The number of ether oxygens (including phenoxy) is 1. The number of nitro benzene ring substituents is 1. The van der Waals surface area contributed by atoms with Crippen molar-refractivity contribution >= 4 is 29.2 Å². The van der Waals surface area contributed by atoms with E-state index in [1.54, 1.807) is 6.92 Å². The normalized spacial score (nSPS) is 10.6. The maximum absolute atomic E-state index is 12.2. The van der Waals surface area contributed by atoms with Crippen LogP contribution in [0.15, 0.2) is 23.4 Å². The quantitative estimate of drug-likeness (QED) is 0.165. The van der Waals surface area contributed by atoms with E-state index in [-0.39, 0.29) is 17.7 Å². The Hall–Kier alpha value is -2.81. The van der Waals surface area contributed by atoms with Gasteiger partial charge in [0.15, 0.2) is 11.8 Å². The molecule has 9 heteroatoms. The molecule has 0 atom stereocenters. The summed E-state index contributed by atoms with van der Waals surface area (Å²) in [4.78, 5) is 43.3. The van der Waals surface area contributed by atoms with Crippen LogP contribution in [-0.4, -0.2) is 39.5 Å². The second-order valence-electron chi connectivity index (χ2n) is 6.20. The van der Waals surface area contributed by atoms with Crippen LogP contribution in [0.4, 0.5) is 5.69 Å². The molecule has 0 spiro atoms. The first kappa shape index (κ1) is 21.5. The van der Waals surface area contributed by atoms with Crippen LogP contribution in [0.1, 0.15) is 39.3 Å². The number of aromatic nitrogens is 2. The van der Waals surface area contributed by atoms with E-state index in [0.29, 0.717) is 17.1 Å². The Bertz CT molecular complexity index is 907. The van der Waals surface area contributed by atoms with E-state index in [0.717, 1.165) is 17.0 Å². The van der Waals surface area contributed by atoms with Crippen LogP contribution in [-0.2, 0) is 16.0 Å². The minimum atomic E-state index is -0.548. The lowest BCUT2D eigenvalue weighted by molar-refractivity contribution is -0.385. The van der Waals surface area contributed by atoms with Gasteiger partial charge < -0.3 is 4.74 Å². The zero-order valence-electron chi connectivity index (χ0n) is 16.1. The van der Waals surface area contributed by atoms with Crippen molar-refractivity contribution in [3.63, 3.8) is 0 Å². The molecular weight excluding hydrogens is 382 g/mol. The number of aryl methyl sites for hydroxylation is 3. The summed E-state index contributed by atoms with van der Waals surface area (Å²) in [7, 11) is 0. The highest BCUT2D eigenvalue weighted by atomic mass is 32.2. The minimum Gasteiger partial charge on any atom is -0.457 e. The standard InChI is InChI=1S/C19H21N3O5S/c1-11-5-6-14(9-16(11)22(25)26)17(23)10-27-18(24)8-7-15-12(2)20-19(28-4)21-13(15)3/h5-6,9H,7-8,10H2,1-4H3. The fourth-order valence-corrected chi connectivity index (χ4v) is 3.13. The number of esters is 1. The second kappa shape index (κ2) is 9.41. The van der Waals surface area contributed by atoms with E-state index in [9.17, 15) is 19.7 Å². The van der Waals surface area contributed by atoms with Gasteiger partial charge in [-0.05, 0) is 39.0 Å². The van der Waals surface area contributed by atoms with Crippen molar-refractivity contribution in [1.29, 1.82) is 0 Å². The van der Waals surface area contributed by atoms with Gasteiger partial charge in [0.1, 0.15) is 0 Å². The van der Waals surface area contributed by atoms with Gasteiger partial charge in [0, 0.05) is 35.0 Å². The lowest BCUT2D eigenvalue weighted by Crippen LogP contribution is -2.15. The number of carbonyl (C=O) groups is 2. The topological polar surface area (TPSA) is 112 Å². The summed E-state index contributed by atoms with van der Waals surface area (Å²) in [6.45, 7) is 4.86. The Balaban J connectivity index is 1.93. The Morgan fingerprint density at radius 2 is 1.82 bits per heavy atom. The molecule has 0 saturated heterocycles. The largest absolute Gasteiger partial charge is 0.457 e. The van der Waals surface area contributed by atoms with Crippen molar-refractivity contribution in [2.45, 2.75) is 38.8 Å². The average Bonchev–Trinajstić information content (AvgIpc) is 2.65. The molecule has 0 radical (unpaired) electrons. The third kappa shape index (κ3) is 5.35. The maximum Gasteiger partial charge on any atom is 0.306 e. The summed E-state index contributed by atoms with van der Waals surface area (Å²) in [6.07, 6.45) is 2.39. The molecule has 0 unspecified atom stereocenters. The number of hydrogen-bond donors (Lipinski definition) is 0. The SMILES string of the molecule is CSc1nc(C)c(CCC(=O)OCC(=O)c2ccc(C)c([N+](=O)[O-])c2)c(C)n1. The molecule has 28 heavy (non-hydrogen) atoms. The molecule has 8 nitrogen and oxygen atoms in total. The Morgan fingerprint density at radius 1 is 1.18 bits per heavy atom. The number of carbonyl (C=O) groups excluding carboxylic acids is 2. The molecule has 148 valence electrons. The van der Waals surface area contributed by atoms with E-state index in [2.05, 4.69) is 9.97 Å². The first-order chi connectivity index (χ1) is 13.2. The first-order valence-corrected chi connectivity index (χ1v) is 9.77. The van der Waals surface area contributed by atoms with Crippen LogP contribution < -0.4 is 0 Å². The van der Waals surface area contributed by atoms with E-state index in [1.165, 1.54) is 30.0 Å².